The third-order valence-corrected chi connectivity index (χ3v) is 4.02. The summed E-state index contributed by atoms with van der Waals surface area (Å²) in [4.78, 5) is 11.9. The SMILES string of the molecule is Cc1ccc(OCc2nnc(NC(=O)COc3ccccc3)s2)cc1. The smallest absolute Gasteiger partial charge is 0.264 e. The Morgan fingerprint density at radius 1 is 1.00 bits per heavy atom. The van der Waals surface area contributed by atoms with Crippen LogP contribution >= 0.6 is 11.3 Å². The molecule has 0 spiro atoms. The first kappa shape index (κ1) is 16.9. The standard InChI is InChI=1S/C18H17N3O3S/c1-13-7-9-15(10-8-13)24-12-17-20-21-18(25-17)19-16(22)11-23-14-5-3-2-4-6-14/h2-10H,11-12H2,1H3,(H,19,21,22). The van der Waals surface area contributed by atoms with Crippen molar-refractivity contribution >= 4 is 22.4 Å². The number of aromatic nitrogens is 2. The summed E-state index contributed by atoms with van der Waals surface area (Å²) in [6.45, 7) is 2.24. The molecule has 25 heavy (non-hydrogen) atoms. The van der Waals surface area contributed by atoms with E-state index < -0.39 is 0 Å². The van der Waals surface area contributed by atoms with E-state index in [0.29, 0.717) is 22.5 Å². The molecule has 3 aromatic rings. The fraction of sp³-hybridized carbons (Fsp3) is 0.167. The molecular formula is C18H17N3O3S. The van der Waals surface area contributed by atoms with E-state index in [4.69, 9.17) is 9.47 Å². The lowest BCUT2D eigenvalue weighted by molar-refractivity contribution is -0.118. The molecule has 0 radical (unpaired) electrons. The van der Waals surface area contributed by atoms with Crippen LogP contribution in [0.1, 0.15) is 10.6 Å². The largest absolute Gasteiger partial charge is 0.486 e. The first-order chi connectivity index (χ1) is 12.2. The van der Waals surface area contributed by atoms with Crippen molar-refractivity contribution in [2.24, 2.45) is 0 Å². The molecule has 2 aromatic carbocycles. The Balaban J connectivity index is 1.46. The van der Waals surface area contributed by atoms with Gasteiger partial charge in [0, 0.05) is 0 Å². The first-order valence-electron chi connectivity index (χ1n) is 7.68. The van der Waals surface area contributed by atoms with Crippen LogP contribution in [0.3, 0.4) is 0 Å². The molecule has 6 nitrogen and oxygen atoms in total. The molecule has 1 aromatic heterocycles. The van der Waals surface area contributed by atoms with E-state index in [2.05, 4.69) is 15.5 Å². The molecule has 0 unspecified atom stereocenters. The lowest BCUT2D eigenvalue weighted by Gasteiger charge is -2.05. The molecule has 1 amide bonds. The number of anilines is 1. The van der Waals surface area contributed by atoms with Crippen molar-refractivity contribution in [1.29, 1.82) is 0 Å². The highest BCUT2D eigenvalue weighted by Gasteiger charge is 2.09. The number of hydrogen-bond donors (Lipinski definition) is 1. The van der Waals surface area contributed by atoms with E-state index in [9.17, 15) is 4.79 Å². The van der Waals surface area contributed by atoms with Gasteiger partial charge in [-0.25, -0.2) is 0 Å². The van der Waals surface area contributed by atoms with Crippen LogP contribution < -0.4 is 14.8 Å². The van der Waals surface area contributed by atoms with Crippen LogP contribution in [0.5, 0.6) is 11.5 Å². The summed E-state index contributed by atoms with van der Waals surface area (Å²) < 4.78 is 11.0. The van der Waals surface area contributed by atoms with Gasteiger partial charge in [0.15, 0.2) is 11.6 Å². The maximum atomic E-state index is 11.9. The van der Waals surface area contributed by atoms with E-state index in [0.717, 1.165) is 5.75 Å². The van der Waals surface area contributed by atoms with Crippen LogP contribution in [-0.2, 0) is 11.4 Å². The zero-order chi connectivity index (χ0) is 17.5. The van der Waals surface area contributed by atoms with E-state index in [1.165, 1.54) is 16.9 Å². The Hall–Kier alpha value is -2.93. The Morgan fingerprint density at radius 3 is 2.48 bits per heavy atom. The summed E-state index contributed by atoms with van der Waals surface area (Å²) in [6.07, 6.45) is 0. The molecule has 0 aliphatic heterocycles. The molecular weight excluding hydrogens is 338 g/mol. The predicted octanol–water partition coefficient (Wildman–Crippen LogP) is 3.44. The highest BCUT2D eigenvalue weighted by atomic mass is 32.1. The molecule has 0 saturated carbocycles. The Kier molecular flexibility index (Phi) is 5.58. The minimum absolute atomic E-state index is 0.0845. The van der Waals surface area contributed by atoms with Crippen molar-refractivity contribution < 1.29 is 14.3 Å². The first-order valence-corrected chi connectivity index (χ1v) is 8.50. The van der Waals surface area contributed by atoms with Gasteiger partial charge in [0.2, 0.25) is 5.13 Å². The number of hydrogen-bond acceptors (Lipinski definition) is 6. The molecule has 0 aliphatic carbocycles. The maximum absolute atomic E-state index is 11.9. The molecule has 0 bridgehead atoms. The molecule has 1 N–H and O–H groups in total. The van der Waals surface area contributed by atoms with Gasteiger partial charge in [0.1, 0.15) is 18.1 Å². The number of amides is 1. The topological polar surface area (TPSA) is 73.3 Å². The zero-order valence-corrected chi connectivity index (χ0v) is 14.5. The number of para-hydroxylation sites is 1. The average molecular weight is 355 g/mol. The van der Waals surface area contributed by atoms with Crippen LogP contribution in [0, 0.1) is 6.92 Å². The predicted molar refractivity (Wildman–Crippen MR) is 96.0 cm³/mol. The van der Waals surface area contributed by atoms with Gasteiger partial charge in [-0.2, -0.15) is 0 Å². The van der Waals surface area contributed by atoms with Crippen molar-refractivity contribution in [1.82, 2.24) is 10.2 Å². The van der Waals surface area contributed by atoms with Crippen LogP contribution in [0.2, 0.25) is 0 Å². The normalized spacial score (nSPS) is 10.3. The minimum atomic E-state index is -0.286. The summed E-state index contributed by atoms with van der Waals surface area (Å²) in [5, 5.41) is 11.7. The number of ether oxygens (including phenoxy) is 2. The second-order valence-corrected chi connectivity index (χ2v) is 6.31. The molecule has 0 fully saturated rings. The summed E-state index contributed by atoms with van der Waals surface area (Å²) >= 11 is 1.27. The molecule has 7 heteroatoms. The van der Waals surface area contributed by atoms with E-state index >= 15 is 0 Å². The number of aryl methyl sites for hydroxylation is 1. The van der Waals surface area contributed by atoms with Crippen LogP contribution in [-0.4, -0.2) is 22.7 Å². The van der Waals surface area contributed by atoms with Gasteiger partial charge < -0.3 is 9.47 Å². The van der Waals surface area contributed by atoms with Crippen molar-refractivity contribution in [2.75, 3.05) is 11.9 Å². The molecule has 0 aliphatic rings. The average Bonchev–Trinajstić information content (AvgIpc) is 3.08. The summed E-state index contributed by atoms with van der Waals surface area (Å²) in [5.74, 6) is 1.12. The number of carbonyl (C=O) groups is 1. The van der Waals surface area contributed by atoms with Crippen molar-refractivity contribution in [2.45, 2.75) is 13.5 Å². The van der Waals surface area contributed by atoms with Crippen LogP contribution in [0.25, 0.3) is 0 Å². The number of rotatable bonds is 7. The molecule has 3 rings (SSSR count). The van der Waals surface area contributed by atoms with E-state index in [-0.39, 0.29) is 12.5 Å². The Morgan fingerprint density at radius 2 is 1.72 bits per heavy atom. The Bertz CT molecular complexity index is 819. The van der Waals surface area contributed by atoms with Crippen molar-refractivity contribution in [3.05, 3.63) is 65.2 Å². The number of nitrogens with zero attached hydrogens (tertiary/aromatic N) is 2. The number of carbonyl (C=O) groups excluding carboxylic acids is 1. The van der Waals surface area contributed by atoms with Crippen LogP contribution in [0.15, 0.2) is 54.6 Å². The van der Waals surface area contributed by atoms with Crippen molar-refractivity contribution in [3.63, 3.8) is 0 Å². The summed E-state index contributed by atoms with van der Waals surface area (Å²) in [6, 6.07) is 16.9. The van der Waals surface area contributed by atoms with E-state index in [1.54, 1.807) is 12.1 Å². The Labute approximate surface area is 149 Å². The summed E-state index contributed by atoms with van der Waals surface area (Å²) in [7, 11) is 0. The number of benzene rings is 2. The van der Waals surface area contributed by atoms with Gasteiger partial charge in [-0.1, -0.05) is 47.2 Å². The highest BCUT2D eigenvalue weighted by molar-refractivity contribution is 7.15. The minimum Gasteiger partial charge on any atom is -0.486 e. The van der Waals surface area contributed by atoms with Gasteiger partial charge in [0.05, 0.1) is 0 Å². The third-order valence-electron chi connectivity index (χ3n) is 3.21. The molecule has 0 atom stereocenters. The lowest BCUT2D eigenvalue weighted by Crippen LogP contribution is -2.20. The fourth-order valence-electron chi connectivity index (χ4n) is 1.96. The van der Waals surface area contributed by atoms with Crippen LogP contribution in [0.4, 0.5) is 5.13 Å². The van der Waals surface area contributed by atoms with Crippen molar-refractivity contribution in [3.8, 4) is 11.5 Å². The maximum Gasteiger partial charge on any atom is 0.264 e. The second kappa shape index (κ2) is 8.25. The van der Waals surface area contributed by atoms with Gasteiger partial charge in [-0.05, 0) is 31.2 Å². The summed E-state index contributed by atoms with van der Waals surface area (Å²) in [5.41, 5.74) is 1.17. The second-order valence-electron chi connectivity index (χ2n) is 5.25. The zero-order valence-electron chi connectivity index (χ0n) is 13.6. The van der Waals surface area contributed by atoms with Gasteiger partial charge >= 0.3 is 0 Å². The third kappa shape index (κ3) is 5.29. The van der Waals surface area contributed by atoms with Gasteiger partial charge in [0.25, 0.3) is 5.91 Å². The monoisotopic (exact) mass is 355 g/mol. The lowest BCUT2D eigenvalue weighted by atomic mass is 10.2. The van der Waals surface area contributed by atoms with Gasteiger partial charge in [-0.15, -0.1) is 10.2 Å². The molecule has 128 valence electrons. The fourth-order valence-corrected chi connectivity index (χ4v) is 2.63. The van der Waals surface area contributed by atoms with E-state index in [1.807, 2.05) is 49.4 Å². The molecule has 1 heterocycles. The van der Waals surface area contributed by atoms with Gasteiger partial charge in [-0.3, -0.25) is 10.1 Å². The number of nitrogens with one attached hydrogen (secondary N) is 1. The molecule has 0 saturated heterocycles. The highest BCUT2D eigenvalue weighted by Crippen LogP contribution is 2.18. The quantitative estimate of drug-likeness (QED) is 0.703.